The number of hydrogen-bond donors (Lipinski definition) is 1. The molecule has 0 aromatic carbocycles. The third-order valence-electron chi connectivity index (χ3n) is 0.880. The Morgan fingerprint density at radius 1 is 1.29 bits per heavy atom. The third kappa shape index (κ3) is 5.30. The average molecular weight is 266 g/mol. The first-order valence-corrected chi connectivity index (χ1v) is 4.97. The molecular formula is C4H2Cl2N3NaO3S. The maximum absolute atomic E-state index is 10.2. The van der Waals surface area contributed by atoms with Crippen molar-refractivity contribution < 1.29 is 42.5 Å². The number of aromatic nitrogens is 2. The number of nitrogens with zero attached hydrogens (tertiary/aromatic N) is 2. The second-order valence-corrected chi connectivity index (χ2v) is 3.78. The molecule has 14 heavy (non-hydrogen) atoms. The van der Waals surface area contributed by atoms with Gasteiger partial charge in [0.05, 0.1) is 0 Å². The normalized spacial score (nSPS) is 10.5. The van der Waals surface area contributed by atoms with Gasteiger partial charge in [0.2, 0.25) is 5.95 Å². The molecule has 0 saturated carbocycles. The molecule has 0 radical (unpaired) electrons. The number of hydrogen-bond acceptors (Lipinski definition) is 5. The van der Waals surface area contributed by atoms with Crippen LogP contribution in [0.15, 0.2) is 6.07 Å². The van der Waals surface area contributed by atoms with Gasteiger partial charge in [-0.1, -0.05) is 23.2 Å². The van der Waals surface area contributed by atoms with Gasteiger partial charge >= 0.3 is 29.6 Å². The monoisotopic (exact) mass is 265 g/mol. The van der Waals surface area contributed by atoms with Crippen LogP contribution >= 0.6 is 23.2 Å². The second-order valence-electron chi connectivity index (χ2n) is 1.89. The van der Waals surface area contributed by atoms with Crippen molar-refractivity contribution in [3.63, 3.8) is 0 Å². The second kappa shape index (κ2) is 5.45. The fraction of sp³-hybridized carbons (Fsp3) is 0. The number of anilines is 1. The van der Waals surface area contributed by atoms with Crippen LogP contribution in [-0.4, -0.2) is 22.9 Å². The zero-order chi connectivity index (χ0) is 10.1. The minimum atomic E-state index is -4.65. The molecule has 1 aromatic heterocycles. The number of halogens is 2. The first-order valence-electron chi connectivity index (χ1n) is 2.80. The third-order valence-corrected chi connectivity index (χ3v) is 1.70. The Morgan fingerprint density at radius 3 is 2.07 bits per heavy atom. The summed E-state index contributed by atoms with van der Waals surface area (Å²) in [6.07, 6.45) is 0. The van der Waals surface area contributed by atoms with Gasteiger partial charge in [0.25, 0.3) is 0 Å². The van der Waals surface area contributed by atoms with Gasteiger partial charge in [-0.3, -0.25) is 4.72 Å². The van der Waals surface area contributed by atoms with Crippen LogP contribution in [0.4, 0.5) is 5.95 Å². The van der Waals surface area contributed by atoms with Crippen molar-refractivity contribution in [1.29, 1.82) is 0 Å². The van der Waals surface area contributed by atoms with E-state index in [0.29, 0.717) is 0 Å². The topological polar surface area (TPSA) is 95.0 Å². The molecule has 0 aliphatic rings. The molecule has 0 saturated heterocycles. The van der Waals surface area contributed by atoms with Gasteiger partial charge in [0.1, 0.15) is 10.3 Å². The molecule has 0 aliphatic carbocycles. The van der Waals surface area contributed by atoms with E-state index in [9.17, 15) is 13.0 Å². The molecule has 6 nitrogen and oxygen atoms in total. The summed E-state index contributed by atoms with van der Waals surface area (Å²) in [5.41, 5.74) is 0. The van der Waals surface area contributed by atoms with Gasteiger partial charge in [-0.15, -0.1) is 0 Å². The largest absolute Gasteiger partial charge is 1.00 e. The summed E-state index contributed by atoms with van der Waals surface area (Å²) >= 11 is 10.8. The molecule has 0 fully saturated rings. The van der Waals surface area contributed by atoms with Gasteiger partial charge < -0.3 is 4.55 Å². The Balaban J connectivity index is 0.00000169. The molecule has 0 unspecified atom stereocenters. The molecular weight excluding hydrogens is 264 g/mol. The molecule has 1 heterocycles. The van der Waals surface area contributed by atoms with Crippen molar-refractivity contribution in [3.05, 3.63) is 16.4 Å². The molecule has 0 amide bonds. The Labute approximate surface area is 112 Å². The van der Waals surface area contributed by atoms with Gasteiger partial charge in [-0.25, -0.2) is 18.4 Å². The van der Waals surface area contributed by atoms with Crippen molar-refractivity contribution in [2.24, 2.45) is 0 Å². The van der Waals surface area contributed by atoms with Crippen molar-refractivity contribution in [2.45, 2.75) is 0 Å². The fourth-order valence-electron chi connectivity index (χ4n) is 0.548. The van der Waals surface area contributed by atoms with E-state index in [4.69, 9.17) is 23.2 Å². The number of nitrogens with one attached hydrogen (secondary N) is 1. The minimum Gasteiger partial charge on any atom is -0.731 e. The Morgan fingerprint density at radius 2 is 1.71 bits per heavy atom. The molecule has 0 bridgehead atoms. The number of rotatable bonds is 2. The zero-order valence-electron chi connectivity index (χ0n) is 6.86. The molecule has 1 rings (SSSR count). The summed E-state index contributed by atoms with van der Waals surface area (Å²) in [6.45, 7) is 0. The van der Waals surface area contributed by atoms with Crippen LogP contribution in [0.3, 0.4) is 0 Å². The van der Waals surface area contributed by atoms with E-state index in [-0.39, 0.29) is 39.9 Å². The maximum atomic E-state index is 10.2. The van der Waals surface area contributed by atoms with Crippen molar-refractivity contribution >= 4 is 39.5 Å². The van der Waals surface area contributed by atoms with E-state index in [1.165, 1.54) is 10.8 Å². The Bertz CT molecular complexity index is 406. The Hall–Kier alpha value is 0.370. The van der Waals surface area contributed by atoms with Crippen LogP contribution in [-0.2, 0) is 10.3 Å². The predicted molar refractivity (Wildman–Crippen MR) is 45.4 cm³/mol. The average Bonchev–Trinajstić information content (AvgIpc) is 1.78. The van der Waals surface area contributed by atoms with Gasteiger partial charge in [-0.05, 0) is 0 Å². The quantitative estimate of drug-likeness (QED) is 0.367. The van der Waals surface area contributed by atoms with Crippen LogP contribution in [0.1, 0.15) is 0 Å². The van der Waals surface area contributed by atoms with E-state index in [1.807, 2.05) is 0 Å². The smallest absolute Gasteiger partial charge is 0.731 e. The van der Waals surface area contributed by atoms with Crippen LogP contribution in [0.2, 0.25) is 10.3 Å². The van der Waals surface area contributed by atoms with E-state index >= 15 is 0 Å². The summed E-state index contributed by atoms with van der Waals surface area (Å²) in [7, 11) is -4.65. The van der Waals surface area contributed by atoms with Crippen molar-refractivity contribution in [3.8, 4) is 0 Å². The van der Waals surface area contributed by atoms with Crippen LogP contribution in [0.5, 0.6) is 0 Å². The molecule has 10 heteroatoms. The molecule has 0 aliphatic heterocycles. The molecule has 72 valence electrons. The van der Waals surface area contributed by atoms with E-state index in [2.05, 4.69) is 9.97 Å². The van der Waals surface area contributed by atoms with Gasteiger partial charge in [0.15, 0.2) is 10.3 Å². The van der Waals surface area contributed by atoms with E-state index in [1.54, 1.807) is 0 Å². The van der Waals surface area contributed by atoms with Crippen molar-refractivity contribution in [2.75, 3.05) is 4.72 Å². The Kier molecular flexibility index (Phi) is 5.60. The van der Waals surface area contributed by atoms with Gasteiger partial charge in [0, 0.05) is 6.07 Å². The fourth-order valence-corrected chi connectivity index (χ4v) is 1.29. The van der Waals surface area contributed by atoms with Crippen LogP contribution < -0.4 is 34.3 Å². The molecule has 0 spiro atoms. The molecule has 1 N–H and O–H groups in total. The standard InChI is InChI=1S/C4H3Cl2N3O3S.Na/c5-2-1-3(6)8-4(7-2)9-13(10,11)12;/h1H,(H,7,8,9)(H,10,11,12);/q;+1/p-1. The first-order chi connectivity index (χ1) is 5.87. The summed E-state index contributed by atoms with van der Waals surface area (Å²) < 4.78 is 32.1. The SMILES string of the molecule is O=S(=O)([O-])Nc1nc(Cl)cc(Cl)n1.[Na+]. The van der Waals surface area contributed by atoms with Crippen molar-refractivity contribution in [1.82, 2.24) is 9.97 Å². The summed E-state index contributed by atoms with van der Waals surface area (Å²) in [6, 6.07) is 1.20. The predicted octanol–water partition coefficient (Wildman–Crippen LogP) is -2.34. The molecule has 0 atom stereocenters. The summed E-state index contributed by atoms with van der Waals surface area (Å²) in [5.74, 6) is -0.451. The first kappa shape index (κ1) is 14.4. The minimum absolute atomic E-state index is 0. The van der Waals surface area contributed by atoms with Gasteiger partial charge in [-0.2, -0.15) is 0 Å². The van der Waals surface area contributed by atoms with Crippen LogP contribution in [0, 0.1) is 0 Å². The van der Waals surface area contributed by atoms with E-state index in [0.717, 1.165) is 0 Å². The molecule has 1 aromatic rings. The zero-order valence-corrected chi connectivity index (χ0v) is 11.2. The summed E-state index contributed by atoms with van der Waals surface area (Å²) in [5, 5.41) is -0.127. The van der Waals surface area contributed by atoms with Crippen LogP contribution in [0.25, 0.3) is 0 Å². The van der Waals surface area contributed by atoms with E-state index < -0.39 is 16.3 Å². The summed E-state index contributed by atoms with van der Waals surface area (Å²) in [4.78, 5) is 6.80. The maximum Gasteiger partial charge on any atom is 1.00 e.